The lowest BCUT2D eigenvalue weighted by Gasteiger charge is -2.32. The molecule has 150 valence electrons. The van der Waals surface area contributed by atoms with Gasteiger partial charge in [0.05, 0.1) is 0 Å². The van der Waals surface area contributed by atoms with Crippen LogP contribution in [0.25, 0.3) is 11.1 Å². The second-order valence-electron chi connectivity index (χ2n) is 8.14. The fourth-order valence-electron chi connectivity index (χ4n) is 4.52. The smallest absolute Gasteiger partial charge is 0.251 e. The molecule has 0 aromatic heterocycles. The Balaban J connectivity index is 1.22. The Morgan fingerprint density at radius 2 is 1.50 bits per heavy atom. The van der Waals surface area contributed by atoms with Crippen molar-refractivity contribution in [2.45, 2.75) is 25.4 Å². The van der Waals surface area contributed by atoms with Crippen molar-refractivity contribution in [3.05, 3.63) is 95.1 Å². The summed E-state index contributed by atoms with van der Waals surface area (Å²) in [6.45, 7) is 2.89. The number of amides is 1. The third-order valence-electron chi connectivity index (χ3n) is 6.16. The fourth-order valence-corrected chi connectivity index (χ4v) is 4.52. The predicted molar refractivity (Wildman–Crippen MR) is 118 cm³/mol. The van der Waals surface area contributed by atoms with Gasteiger partial charge in [-0.1, -0.05) is 60.7 Å². The highest BCUT2D eigenvalue weighted by molar-refractivity contribution is 6.22. The van der Waals surface area contributed by atoms with E-state index in [1.54, 1.807) is 6.07 Å². The summed E-state index contributed by atoms with van der Waals surface area (Å²) >= 11 is 0. The molecule has 30 heavy (non-hydrogen) atoms. The van der Waals surface area contributed by atoms with E-state index in [1.165, 1.54) is 5.56 Å². The molecule has 0 unspecified atom stereocenters. The normalized spacial score (nSPS) is 16.2. The highest BCUT2D eigenvalue weighted by Crippen LogP contribution is 2.36. The van der Waals surface area contributed by atoms with E-state index >= 15 is 0 Å². The van der Waals surface area contributed by atoms with Gasteiger partial charge in [0.15, 0.2) is 5.78 Å². The standard InChI is InChI=1S/C26H24N2O2/c29-25-23-9-5-4-8-21(23)22-11-10-19(16-24(22)25)26(30)27-20-12-14-28(15-13-20)17-18-6-2-1-3-7-18/h1-11,16,20H,12-15,17H2,(H,27,30). The van der Waals surface area contributed by atoms with Crippen LogP contribution in [-0.2, 0) is 6.54 Å². The molecule has 1 heterocycles. The third-order valence-corrected chi connectivity index (χ3v) is 6.16. The lowest BCUT2D eigenvalue weighted by Crippen LogP contribution is -2.44. The molecular weight excluding hydrogens is 372 g/mol. The fraction of sp³-hybridized carbons (Fsp3) is 0.231. The van der Waals surface area contributed by atoms with E-state index in [9.17, 15) is 9.59 Å². The summed E-state index contributed by atoms with van der Waals surface area (Å²) < 4.78 is 0. The van der Waals surface area contributed by atoms with Gasteiger partial charge < -0.3 is 5.32 Å². The molecule has 0 spiro atoms. The molecule has 1 aliphatic heterocycles. The predicted octanol–water partition coefficient (Wildman–Crippen LogP) is 4.29. The highest BCUT2D eigenvalue weighted by Gasteiger charge is 2.28. The summed E-state index contributed by atoms with van der Waals surface area (Å²) in [4.78, 5) is 28.0. The average Bonchev–Trinajstić information content (AvgIpc) is 3.08. The molecule has 1 saturated heterocycles. The molecule has 0 atom stereocenters. The molecule has 4 nitrogen and oxygen atoms in total. The second kappa shape index (κ2) is 7.88. The van der Waals surface area contributed by atoms with Gasteiger partial charge in [-0.25, -0.2) is 0 Å². The zero-order valence-corrected chi connectivity index (χ0v) is 16.8. The Hall–Kier alpha value is -3.24. The Labute approximate surface area is 176 Å². The van der Waals surface area contributed by atoms with Crippen LogP contribution in [0.2, 0.25) is 0 Å². The number of carbonyl (C=O) groups is 2. The molecular formula is C26H24N2O2. The van der Waals surface area contributed by atoms with Gasteiger partial charge in [-0.2, -0.15) is 0 Å². The van der Waals surface area contributed by atoms with Crippen LogP contribution < -0.4 is 5.32 Å². The van der Waals surface area contributed by atoms with Crippen molar-refractivity contribution < 1.29 is 9.59 Å². The van der Waals surface area contributed by atoms with E-state index in [0.717, 1.165) is 49.2 Å². The number of ketones is 1. The van der Waals surface area contributed by atoms with Gasteiger partial charge >= 0.3 is 0 Å². The number of piperidine rings is 1. The van der Waals surface area contributed by atoms with Crippen molar-refractivity contribution in [1.82, 2.24) is 10.2 Å². The molecule has 5 rings (SSSR count). The minimum Gasteiger partial charge on any atom is -0.349 e. The van der Waals surface area contributed by atoms with Crippen LogP contribution in [0.5, 0.6) is 0 Å². The van der Waals surface area contributed by atoms with E-state index in [1.807, 2.05) is 42.5 Å². The van der Waals surface area contributed by atoms with Crippen LogP contribution in [-0.4, -0.2) is 35.7 Å². The second-order valence-corrected chi connectivity index (χ2v) is 8.14. The van der Waals surface area contributed by atoms with E-state index in [-0.39, 0.29) is 17.7 Å². The van der Waals surface area contributed by atoms with E-state index < -0.39 is 0 Å². The summed E-state index contributed by atoms with van der Waals surface area (Å²) in [5.41, 5.74) is 5.10. The van der Waals surface area contributed by atoms with E-state index in [4.69, 9.17) is 0 Å². The van der Waals surface area contributed by atoms with Gasteiger partial charge in [0, 0.05) is 42.4 Å². The van der Waals surface area contributed by atoms with Gasteiger partial charge in [0.1, 0.15) is 0 Å². The summed E-state index contributed by atoms with van der Waals surface area (Å²) in [5.74, 6) is -0.0902. The van der Waals surface area contributed by atoms with Gasteiger partial charge in [0.2, 0.25) is 0 Å². The zero-order chi connectivity index (χ0) is 20.5. The Morgan fingerprint density at radius 1 is 0.833 bits per heavy atom. The van der Waals surface area contributed by atoms with Crippen molar-refractivity contribution in [3.8, 4) is 11.1 Å². The maximum atomic E-state index is 12.8. The monoisotopic (exact) mass is 396 g/mol. The maximum Gasteiger partial charge on any atom is 0.251 e. The first-order valence-corrected chi connectivity index (χ1v) is 10.5. The molecule has 0 bridgehead atoms. The molecule has 1 fully saturated rings. The first-order chi connectivity index (χ1) is 14.7. The van der Waals surface area contributed by atoms with E-state index in [0.29, 0.717) is 11.1 Å². The van der Waals surface area contributed by atoms with Crippen LogP contribution in [0, 0.1) is 0 Å². The van der Waals surface area contributed by atoms with Crippen molar-refractivity contribution in [2.24, 2.45) is 0 Å². The van der Waals surface area contributed by atoms with Crippen molar-refractivity contribution >= 4 is 11.7 Å². The van der Waals surface area contributed by atoms with Crippen LogP contribution >= 0.6 is 0 Å². The van der Waals surface area contributed by atoms with Crippen molar-refractivity contribution in [2.75, 3.05) is 13.1 Å². The number of fused-ring (bicyclic) bond motifs is 3. The molecule has 0 saturated carbocycles. The van der Waals surface area contributed by atoms with Crippen LogP contribution in [0.3, 0.4) is 0 Å². The molecule has 0 radical (unpaired) electrons. The Bertz CT molecular complexity index is 1100. The van der Waals surface area contributed by atoms with Crippen LogP contribution in [0.4, 0.5) is 0 Å². The van der Waals surface area contributed by atoms with Gasteiger partial charge in [-0.05, 0) is 41.7 Å². The average molecular weight is 396 g/mol. The molecule has 4 heteroatoms. The van der Waals surface area contributed by atoms with E-state index in [2.05, 4.69) is 34.5 Å². The summed E-state index contributed by atoms with van der Waals surface area (Å²) in [7, 11) is 0. The Morgan fingerprint density at radius 3 is 2.27 bits per heavy atom. The molecule has 1 amide bonds. The number of nitrogens with one attached hydrogen (secondary N) is 1. The van der Waals surface area contributed by atoms with Crippen molar-refractivity contribution in [1.29, 1.82) is 0 Å². The Kier molecular flexibility index (Phi) is 4.93. The summed E-state index contributed by atoms with van der Waals surface area (Å²) in [6, 6.07) is 23.8. The third kappa shape index (κ3) is 3.55. The largest absolute Gasteiger partial charge is 0.349 e. The lowest BCUT2D eigenvalue weighted by molar-refractivity contribution is 0.0909. The van der Waals surface area contributed by atoms with Crippen LogP contribution in [0.1, 0.15) is 44.7 Å². The van der Waals surface area contributed by atoms with Gasteiger partial charge in [-0.15, -0.1) is 0 Å². The summed E-state index contributed by atoms with van der Waals surface area (Å²) in [6.07, 6.45) is 1.88. The SMILES string of the molecule is O=C(NC1CCN(Cc2ccccc2)CC1)c1ccc2c(c1)C(=O)c1ccccc1-2. The minimum absolute atomic E-state index is 0.00414. The topological polar surface area (TPSA) is 49.4 Å². The summed E-state index contributed by atoms with van der Waals surface area (Å²) in [5, 5.41) is 3.17. The maximum absolute atomic E-state index is 12.8. The van der Waals surface area contributed by atoms with Crippen molar-refractivity contribution in [3.63, 3.8) is 0 Å². The first kappa shape index (κ1) is 18.8. The quantitative estimate of drug-likeness (QED) is 0.560. The number of carbonyl (C=O) groups excluding carboxylic acids is 2. The van der Waals surface area contributed by atoms with Gasteiger partial charge in [0.25, 0.3) is 5.91 Å². The zero-order valence-electron chi connectivity index (χ0n) is 16.8. The molecule has 1 N–H and O–H groups in total. The number of hydrogen-bond donors (Lipinski definition) is 1. The number of rotatable bonds is 4. The lowest BCUT2D eigenvalue weighted by atomic mass is 10.0. The highest BCUT2D eigenvalue weighted by atomic mass is 16.1. The molecule has 2 aliphatic rings. The number of hydrogen-bond acceptors (Lipinski definition) is 3. The van der Waals surface area contributed by atoms with Gasteiger partial charge in [-0.3, -0.25) is 14.5 Å². The minimum atomic E-state index is -0.0944. The number of benzene rings is 3. The molecule has 1 aliphatic carbocycles. The first-order valence-electron chi connectivity index (χ1n) is 10.5. The molecule has 3 aromatic carbocycles. The number of nitrogens with zero attached hydrogens (tertiary/aromatic N) is 1. The van der Waals surface area contributed by atoms with Crippen LogP contribution in [0.15, 0.2) is 72.8 Å². The molecule has 3 aromatic rings. The number of likely N-dealkylation sites (tertiary alicyclic amines) is 1.